The van der Waals surface area contributed by atoms with Crippen molar-refractivity contribution < 1.29 is 0 Å². The number of hydrogen-bond donors (Lipinski definition) is 1. The van der Waals surface area contributed by atoms with E-state index in [4.69, 9.17) is 0 Å². The lowest BCUT2D eigenvalue weighted by Crippen LogP contribution is -2.27. The van der Waals surface area contributed by atoms with Gasteiger partial charge in [0.2, 0.25) is 0 Å². The third-order valence-electron chi connectivity index (χ3n) is 2.71. The molecule has 1 heterocycles. The minimum Gasteiger partial charge on any atom is -0.311 e. The number of pyridine rings is 1. The van der Waals surface area contributed by atoms with E-state index in [0.29, 0.717) is 6.04 Å². The lowest BCUT2D eigenvalue weighted by Gasteiger charge is -2.13. The number of hydrogen-bond acceptors (Lipinski definition) is 2. The second-order valence-electron chi connectivity index (χ2n) is 4.30. The van der Waals surface area contributed by atoms with Gasteiger partial charge in [0.25, 0.3) is 0 Å². The number of rotatable bonds is 5. The standard InChI is InChI=1S/C14H22N2/c1-5-8-15-13(4)11(2)9-14-7-6-12(3)16-10-14/h6-7,9-10,13,15H,5,8H2,1-4H3/b11-9+. The molecule has 1 atom stereocenters. The Morgan fingerprint density at radius 1 is 1.50 bits per heavy atom. The summed E-state index contributed by atoms with van der Waals surface area (Å²) in [5.74, 6) is 0. The molecular weight excluding hydrogens is 196 g/mol. The van der Waals surface area contributed by atoms with E-state index in [0.717, 1.165) is 12.2 Å². The summed E-state index contributed by atoms with van der Waals surface area (Å²) in [5, 5.41) is 3.47. The van der Waals surface area contributed by atoms with Crippen molar-refractivity contribution >= 4 is 6.08 Å². The molecule has 0 saturated heterocycles. The fourth-order valence-electron chi connectivity index (χ4n) is 1.47. The molecule has 0 bridgehead atoms. The average molecular weight is 218 g/mol. The van der Waals surface area contributed by atoms with Crippen molar-refractivity contribution in [2.75, 3.05) is 6.54 Å². The first-order valence-electron chi connectivity index (χ1n) is 5.97. The van der Waals surface area contributed by atoms with E-state index >= 15 is 0 Å². The minimum atomic E-state index is 0.432. The molecule has 1 rings (SSSR count). The Bertz CT molecular complexity index is 338. The van der Waals surface area contributed by atoms with Gasteiger partial charge in [0.05, 0.1) is 0 Å². The molecule has 88 valence electrons. The van der Waals surface area contributed by atoms with Gasteiger partial charge in [-0.3, -0.25) is 4.98 Å². The lowest BCUT2D eigenvalue weighted by molar-refractivity contribution is 0.604. The summed E-state index contributed by atoms with van der Waals surface area (Å²) in [5.41, 5.74) is 3.58. The van der Waals surface area contributed by atoms with Crippen molar-refractivity contribution in [1.82, 2.24) is 10.3 Å². The smallest absolute Gasteiger partial charge is 0.0373 e. The minimum absolute atomic E-state index is 0.432. The molecule has 2 heteroatoms. The second-order valence-corrected chi connectivity index (χ2v) is 4.30. The summed E-state index contributed by atoms with van der Waals surface area (Å²) >= 11 is 0. The molecule has 0 amide bonds. The van der Waals surface area contributed by atoms with Crippen molar-refractivity contribution in [3.05, 3.63) is 35.2 Å². The zero-order valence-electron chi connectivity index (χ0n) is 10.7. The molecule has 1 aromatic rings. The monoisotopic (exact) mass is 218 g/mol. The molecule has 1 aromatic heterocycles. The summed E-state index contributed by atoms with van der Waals surface area (Å²) in [6.45, 7) is 9.61. The maximum absolute atomic E-state index is 4.29. The topological polar surface area (TPSA) is 24.9 Å². The average Bonchev–Trinajstić information content (AvgIpc) is 2.29. The Balaban J connectivity index is 2.64. The largest absolute Gasteiger partial charge is 0.311 e. The molecule has 0 saturated carbocycles. The van der Waals surface area contributed by atoms with Gasteiger partial charge in [0.15, 0.2) is 0 Å². The second kappa shape index (κ2) is 6.44. The highest BCUT2D eigenvalue weighted by Gasteiger charge is 2.02. The predicted octanol–water partition coefficient (Wildman–Crippen LogP) is 3.18. The Morgan fingerprint density at radius 2 is 2.25 bits per heavy atom. The van der Waals surface area contributed by atoms with E-state index in [-0.39, 0.29) is 0 Å². The van der Waals surface area contributed by atoms with Gasteiger partial charge in [-0.15, -0.1) is 0 Å². The van der Waals surface area contributed by atoms with E-state index in [9.17, 15) is 0 Å². The summed E-state index contributed by atoms with van der Waals surface area (Å²) in [4.78, 5) is 4.29. The van der Waals surface area contributed by atoms with Gasteiger partial charge in [-0.25, -0.2) is 0 Å². The van der Waals surface area contributed by atoms with Crippen LogP contribution in [0.3, 0.4) is 0 Å². The molecule has 0 radical (unpaired) electrons. The van der Waals surface area contributed by atoms with Crippen LogP contribution >= 0.6 is 0 Å². The van der Waals surface area contributed by atoms with Crippen LogP contribution in [0.15, 0.2) is 23.9 Å². The molecule has 1 N–H and O–H groups in total. The quantitative estimate of drug-likeness (QED) is 0.821. The van der Waals surface area contributed by atoms with Gasteiger partial charge in [-0.2, -0.15) is 0 Å². The van der Waals surface area contributed by atoms with Gasteiger partial charge >= 0.3 is 0 Å². The van der Waals surface area contributed by atoms with E-state index in [1.165, 1.54) is 17.6 Å². The number of aromatic nitrogens is 1. The zero-order chi connectivity index (χ0) is 12.0. The van der Waals surface area contributed by atoms with Crippen molar-refractivity contribution in [2.45, 2.75) is 40.2 Å². The van der Waals surface area contributed by atoms with Crippen LogP contribution in [0.2, 0.25) is 0 Å². The lowest BCUT2D eigenvalue weighted by atomic mass is 10.1. The molecule has 16 heavy (non-hydrogen) atoms. The number of nitrogens with zero attached hydrogens (tertiary/aromatic N) is 1. The summed E-state index contributed by atoms with van der Waals surface area (Å²) in [6.07, 6.45) is 5.29. The Morgan fingerprint density at radius 3 is 2.81 bits per heavy atom. The molecule has 0 aliphatic carbocycles. The van der Waals surface area contributed by atoms with Crippen molar-refractivity contribution in [2.24, 2.45) is 0 Å². The van der Waals surface area contributed by atoms with Crippen LogP contribution in [-0.4, -0.2) is 17.6 Å². The van der Waals surface area contributed by atoms with Crippen LogP contribution in [0.5, 0.6) is 0 Å². The van der Waals surface area contributed by atoms with Crippen LogP contribution in [0.1, 0.15) is 38.4 Å². The third kappa shape index (κ3) is 4.15. The van der Waals surface area contributed by atoms with E-state index < -0.39 is 0 Å². The third-order valence-corrected chi connectivity index (χ3v) is 2.71. The fourth-order valence-corrected chi connectivity index (χ4v) is 1.47. The first kappa shape index (κ1) is 12.9. The highest BCUT2D eigenvalue weighted by Crippen LogP contribution is 2.09. The van der Waals surface area contributed by atoms with E-state index in [2.05, 4.69) is 43.2 Å². The van der Waals surface area contributed by atoms with Crippen molar-refractivity contribution in [3.8, 4) is 0 Å². The van der Waals surface area contributed by atoms with Crippen LogP contribution in [0, 0.1) is 6.92 Å². The van der Waals surface area contributed by atoms with Gasteiger partial charge in [0, 0.05) is 17.9 Å². The highest BCUT2D eigenvalue weighted by atomic mass is 14.9. The summed E-state index contributed by atoms with van der Waals surface area (Å²) < 4.78 is 0. The molecule has 2 nitrogen and oxygen atoms in total. The summed E-state index contributed by atoms with van der Waals surface area (Å²) in [7, 11) is 0. The van der Waals surface area contributed by atoms with Crippen molar-refractivity contribution in [1.29, 1.82) is 0 Å². The molecule has 0 aliphatic rings. The Hall–Kier alpha value is -1.15. The van der Waals surface area contributed by atoms with Gasteiger partial charge in [0.1, 0.15) is 0 Å². The van der Waals surface area contributed by atoms with Crippen molar-refractivity contribution in [3.63, 3.8) is 0 Å². The maximum Gasteiger partial charge on any atom is 0.0373 e. The van der Waals surface area contributed by atoms with Gasteiger partial charge in [-0.1, -0.05) is 24.6 Å². The van der Waals surface area contributed by atoms with Gasteiger partial charge < -0.3 is 5.32 Å². The highest BCUT2D eigenvalue weighted by molar-refractivity contribution is 5.52. The van der Waals surface area contributed by atoms with Crippen LogP contribution < -0.4 is 5.32 Å². The zero-order valence-corrected chi connectivity index (χ0v) is 10.7. The molecular formula is C14H22N2. The maximum atomic E-state index is 4.29. The normalized spacial score (nSPS) is 13.9. The first-order valence-corrected chi connectivity index (χ1v) is 5.97. The SMILES string of the molecule is CCCNC(C)/C(C)=C/c1ccc(C)nc1. The molecule has 1 unspecified atom stereocenters. The van der Waals surface area contributed by atoms with Crippen LogP contribution in [0.25, 0.3) is 6.08 Å². The van der Waals surface area contributed by atoms with Crippen LogP contribution in [0.4, 0.5) is 0 Å². The van der Waals surface area contributed by atoms with Crippen LogP contribution in [-0.2, 0) is 0 Å². The molecule has 0 aromatic carbocycles. The fraction of sp³-hybridized carbons (Fsp3) is 0.500. The van der Waals surface area contributed by atoms with E-state index in [1.54, 1.807) is 0 Å². The Kier molecular flexibility index (Phi) is 5.20. The summed E-state index contributed by atoms with van der Waals surface area (Å²) in [6, 6.07) is 4.59. The number of nitrogens with one attached hydrogen (secondary N) is 1. The first-order chi connectivity index (χ1) is 7.63. The van der Waals surface area contributed by atoms with Gasteiger partial charge in [-0.05, 0) is 45.4 Å². The predicted molar refractivity (Wildman–Crippen MR) is 70.4 cm³/mol. The molecule has 0 aliphatic heterocycles. The molecule has 0 fully saturated rings. The van der Waals surface area contributed by atoms with E-state index in [1.807, 2.05) is 19.2 Å². The molecule has 0 spiro atoms. The number of aryl methyl sites for hydroxylation is 1. The Labute approximate surface area is 98.8 Å².